The number of amides is 1. The van der Waals surface area contributed by atoms with Gasteiger partial charge in [-0.05, 0) is 31.9 Å². The van der Waals surface area contributed by atoms with Crippen LogP contribution >= 0.6 is 23.1 Å². The van der Waals surface area contributed by atoms with Gasteiger partial charge in [0.1, 0.15) is 10.7 Å². The van der Waals surface area contributed by atoms with E-state index in [0.29, 0.717) is 5.89 Å². The fourth-order valence-electron chi connectivity index (χ4n) is 2.45. The molecule has 142 valence electrons. The van der Waals surface area contributed by atoms with Crippen LogP contribution in [0.5, 0.6) is 0 Å². The predicted octanol–water partition coefficient (Wildman–Crippen LogP) is 4.70. The number of benzene rings is 1. The van der Waals surface area contributed by atoms with Crippen LogP contribution in [0.15, 0.2) is 33.9 Å². The Bertz CT molecular complexity index is 954. The fourth-order valence-corrected chi connectivity index (χ4v) is 4.16. The number of aromatic nitrogens is 3. The van der Waals surface area contributed by atoms with Crippen LogP contribution in [0.2, 0.25) is 0 Å². The zero-order valence-corrected chi connectivity index (χ0v) is 16.9. The maximum Gasteiger partial charge on any atom is 0.277 e. The number of nitrogens with zero attached hydrogens (tertiary/aromatic N) is 3. The number of aryl methyl sites for hydroxylation is 2. The molecule has 1 amide bonds. The van der Waals surface area contributed by atoms with E-state index in [9.17, 15) is 9.18 Å². The Morgan fingerprint density at radius 1 is 1.26 bits per heavy atom. The number of para-hydroxylation sites is 1. The summed E-state index contributed by atoms with van der Waals surface area (Å²) in [5, 5.41) is 11.4. The van der Waals surface area contributed by atoms with Gasteiger partial charge in [-0.25, -0.2) is 9.37 Å². The second-order valence-electron chi connectivity index (χ2n) is 6.27. The minimum absolute atomic E-state index is 0.0236. The summed E-state index contributed by atoms with van der Waals surface area (Å²) in [6.45, 7) is 7.61. The summed E-state index contributed by atoms with van der Waals surface area (Å²) in [6, 6.07) is 6.06. The van der Waals surface area contributed by atoms with E-state index in [-0.39, 0.29) is 22.7 Å². The van der Waals surface area contributed by atoms with Gasteiger partial charge in [-0.15, -0.1) is 21.5 Å². The molecule has 1 aromatic carbocycles. The van der Waals surface area contributed by atoms with E-state index < -0.39 is 11.1 Å². The van der Waals surface area contributed by atoms with Gasteiger partial charge < -0.3 is 9.73 Å². The zero-order valence-electron chi connectivity index (χ0n) is 15.3. The Morgan fingerprint density at radius 2 is 2.00 bits per heavy atom. The number of rotatable bonds is 6. The molecule has 0 bridgehead atoms. The molecular weight excluding hydrogens is 387 g/mol. The summed E-state index contributed by atoms with van der Waals surface area (Å²) in [4.78, 5) is 17.8. The largest absolute Gasteiger partial charge is 0.410 e. The molecule has 2 aromatic heterocycles. The molecule has 0 spiro atoms. The highest BCUT2D eigenvalue weighted by Crippen LogP contribution is 2.33. The molecule has 0 aliphatic rings. The van der Waals surface area contributed by atoms with Crippen molar-refractivity contribution < 1.29 is 13.6 Å². The average Bonchev–Trinajstić information content (AvgIpc) is 3.20. The van der Waals surface area contributed by atoms with Crippen molar-refractivity contribution >= 4 is 34.7 Å². The van der Waals surface area contributed by atoms with Crippen molar-refractivity contribution in [2.75, 3.05) is 5.32 Å². The summed E-state index contributed by atoms with van der Waals surface area (Å²) >= 11 is 2.65. The lowest BCUT2D eigenvalue weighted by molar-refractivity contribution is -0.116. The number of nitrogens with one attached hydrogen (secondary N) is 1. The van der Waals surface area contributed by atoms with Crippen molar-refractivity contribution in [2.45, 2.75) is 38.2 Å². The lowest BCUT2D eigenvalue weighted by atomic mass is 10.1. The Balaban J connectivity index is 1.76. The second kappa shape index (κ2) is 8.18. The highest BCUT2D eigenvalue weighted by molar-refractivity contribution is 8.00. The van der Waals surface area contributed by atoms with Gasteiger partial charge in [0.2, 0.25) is 5.91 Å². The highest BCUT2D eigenvalue weighted by Gasteiger charge is 2.27. The molecule has 0 saturated heterocycles. The van der Waals surface area contributed by atoms with Gasteiger partial charge in [0, 0.05) is 0 Å². The standard InChI is InChI=1S/C18H19FN4O2S2/c1-9(2)14(16(24)21-13-8-6-5-7-12(13)19)27-18-23-22-17(25-18)15-10(3)20-11(4)26-15/h5-9,14H,1-4H3,(H,21,24). The van der Waals surface area contributed by atoms with Crippen LogP contribution in [0.25, 0.3) is 10.8 Å². The Kier molecular flexibility index (Phi) is 5.91. The molecule has 27 heavy (non-hydrogen) atoms. The second-order valence-corrected chi connectivity index (χ2v) is 8.57. The molecule has 0 aliphatic carbocycles. The van der Waals surface area contributed by atoms with Crippen LogP contribution in [0.4, 0.5) is 10.1 Å². The third-order valence-electron chi connectivity index (χ3n) is 3.73. The van der Waals surface area contributed by atoms with E-state index in [1.54, 1.807) is 12.1 Å². The predicted molar refractivity (Wildman–Crippen MR) is 104 cm³/mol. The molecule has 9 heteroatoms. The van der Waals surface area contributed by atoms with Gasteiger partial charge in [-0.3, -0.25) is 4.79 Å². The first-order chi connectivity index (χ1) is 12.8. The van der Waals surface area contributed by atoms with Crippen LogP contribution in [-0.2, 0) is 4.79 Å². The number of hydrogen-bond acceptors (Lipinski definition) is 7. The number of thiazole rings is 1. The third kappa shape index (κ3) is 4.54. The van der Waals surface area contributed by atoms with Gasteiger partial charge in [-0.1, -0.05) is 37.7 Å². The summed E-state index contributed by atoms with van der Waals surface area (Å²) in [7, 11) is 0. The minimum atomic E-state index is -0.512. The van der Waals surface area contributed by atoms with Crippen molar-refractivity contribution in [1.82, 2.24) is 15.2 Å². The molecule has 1 N–H and O–H groups in total. The van der Waals surface area contributed by atoms with Crippen molar-refractivity contribution in [3.63, 3.8) is 0 Å². The van der Waals surface area contributed by atoms with Crippen LogP contribution in [0.1, 0.15) is 24.5 Å². The molecule has 6 nitrogen and oxygen atoms in total. The molecule has 2 heterocycles. The molecule has 0 radical (unpaired) electrons. The monoisotopic (exact) mass is 406 g/mol. The summed E-state index contributed by atoms with van der Waals surface area (Å²) < 4.78 is 19.5. The first kappa shape index (κ1) is 19.5. The number of halogens is 1. The SMILES string of the molecule is Cc1nc(C)c(-c2nnc(SC(C(=O)Nc3ccccc3F)C(C)C)o2)s1. The number of thioether (sulfide) groups is 1. The van der Waals surface area contributed by atoms with Gasteiger partial charge >= 0.3 is 0 Å². The van der Waals surface area contributed by atoms with E-state index >= 15 is 0 Å². The van der Waals surface area contributed by atoms with Crippen LogP contribution in [-0.4, -0.2) is 26.3 Å². The quantitative estimate of drug-likeness (QED) is 0.598. The van der Waals surface area contributed by atoms with Crippen molar-refractivity contribution in [1.29, 1.82) is 0 Å². The van der Waals surface area contributed by atoms with Gasteiger partial charge in [0.15, 0.2) is 0 Å². The first-order valence-electron chi connectivity index (χ1n) is 8.35. The Morgan fingerprint density at radius 3 is 2.63 bits per heavy atom. The van der Waals surface area contributed by atoms with Crippen molar-refractivity contribution in [2.24, 2.45) is 5.92 Å². The van der Waals surface area contributed by atoms with Gasteiger partial charge in [0.25, 0.3) is 11.1 Å². The van der Waals surface area contributed by atoms with Crippen molar-refractivity contribution in [3.05, 3.63) is 40.8 Å². The Hall–Kier alpha value is -2.26. The third-order valence-corrected chi connectivity index (χ3v) is 6.17. The lowest BCUT2D eigenvalue weighted by Gasteiger charge is -2.18. The molecule has 1 unspecified atom stereocenters. The molecule has 0 aliphatic heterocycles. The lowest BCUT2D eigenvalue weighted by Crippen LogP contribution is -2.29. The molecule has 3 rings (SSSR count). The van der Waals surface area contributed by atoms with E-state index in [1.165, 1.54) is 35.2 Å². The fraction of sp³-hybridized carbons (Fsp3) is 0.333. The highest BCUT2D eigenvalue weighted by atomic mass is 32.2. The maximum atomic E-state index is 13.8. The van der Waals surface area contributed by atoms with E-state index in [0.717, 1.165) is 15.6 Å². The van der Waals surface area contributed by atoms with Crippen LogP contribution < -0.4 is 5.32 Å². The number of carbonyl (C=O) groups excluding carboxylic acids is 1. The summed E-state index contributed by atoms with van der Waals surface area (Å²) in [5.41, 5.74) is 0.978. The topological polar surface area (TPSA) is 80.9 Å². The molecule has 1 atom stereocenters. The number of anilines is 1. The number of carbonyl (C=O) groups is 1. The number of hydrogen-bond donors (Lipinski definition) is 1. The molecule has 0 saturated carbocycles. The van der Waals surface area contributed by atoms with Gasteiger partial charge in [-0.2, -0.15) is 0 Å². The van der Waals surface area contributed by atoms with Crippen molar-refractivity contribution in [3.8, 4) is 10.8 Å². The molecule has 0 fully saturated rings. The Labute approximate surface area is 164 Å². The maximum absolute atomic E-state index is 13.8. The normalized spacial score (nSPS) is 12.4. The van der Waals surface area contributed by atoms with Crippen LogP contribution in [0.3, 0.4) is 0 Å². The average molecular weight is 407 g/mol. The van der Waals surface area contributed by atoms with E-state index in [1.807, 2.05) is 27.7 Å². The zero-order chi connectivity index (χ0) is 19.6. The minimum Gasteiger partial charge on any atom is -0.410 e. The first-order valence-corrected chi connectivity index (χ1v) is 10.0. The summed E-state index contributed by atoms with van der Waals surface area (Å²) in [5.74, 6) is -0.429. The van der Waals surface area contributed by atoms with Gasteiger partial charge in [0.05, 0.1) is 21.6 Å². The van der Waals surface area contributed by atoms with Crippen LogP contribution in [0, 0.1) is 25.6 Å². The van der Waals surface area contributed by atoms with E-state index in [2.05, 4.69) is 20.5 Å². The smallest absolute Gasteiger partial charge is 0.277 e. The summed E-state index contributed by atoms with van der Waals surface area (Å²) in [6.07, 6.45) is 0. The van der Waals surface area contributed by atoms with E-state index in [4.69, 9.17) is 4.42 Å². The molecule has 3 aromatic rings. The molecular formula is C18H19FN4O2S2.